The van der Waals surface area contributed by atoms with Gasteiger partial charge in [0, 0.05) is 26.1 Å². The largest absolute Gasteiger partial charge is 0.343 e. The molecule has 1 aliphatic rings. The van der Waals surface area contributed by atoms with Crippen LogP contribution in [0.2, 0.25) is 0 Å². The molecule has 1 amide bonds. The summed E-state index contributed by atoms with van der Waals surface area (Å²) in [6.45, 7) is 3.46. The molecule has 0 aromatic heterocycles. The highest BCUT2D eigenvalue weighted by atomic mass is 32.2. The van der Waals surface area contributed by atoms with Gasteiger partial charge in [-0.05, 0) is 19.1 Å². The van der Waals surface area contributed by atoms with Gasteiger partial charge in [-0.25, -0.2) is 0 Å². The fourth-order valence-corrected chi connectivity index (χ4v) is 2.05. The number of hydrogen-bond donors (Lipinski definition) is 1. The molecule has 1 aliphatic heterocycles. The third-order valence-electron chi connectivity index (χ3n) is 2.22. The predicted molar refractivity (Wildman–Crippen MR) is 51.9 cm³/mol. The highest BCUT2D eigenvalue weighted by Crippen LogP contribution is 2.11. The van der Waals surface area contributed by atoms with Crippen LogP contribution in [0.1, 0.15) is 19.8 Å². The number of likely N-dealkylation sites (tertiary alicyclic amines) is 1. The van der Waals surface area contributed by atoms with Gasteiger partial charge in [0.2, 0.25) is 5.91 Å². The molecule has 3 nitrogen and oxygen atoms in total. The maximum atomic E-state index is 11.0. The molecule has 1 heterocycles. The van der Waals surface area contributed by atoms with E-state index in [2.05, 4.69) is 4.72 Å². The Morgan fingerprint density at radius 3 is 2.50 bits per heavy atom. The molecule has 0 atom stereocenters. The van der Waals surface area contributed by atoms with Gasteiger partial charge >= 0.3 is 0 Å². The minimum atomic E-state index is 0.206. The SMILES string of the molecule is CSNC1CCN(C(C)=O)CC1. The van der Waals surface area contributed by atoms with E-state index in [4.69, 9.17) is 0 Å². The number of carbonyl (C=O) groups is 1. The number of carbonyl (C=O) groups excluding carboxylic acids is 1. The summed E-state index contributed by atoms with van der Waals surface area (Å²) < 4.78 is 3.32. The molecule has 0 bridgehead atoms. The Kier molecular flexibility index (Phi) is 3.88. The van der Waals surface area contributed by atoms with Crippen LogP contribution in [0.3, 0.4) is 0 Å². The molecule has 70 valence electrons. The minimum Gasteiger partial charge on any atom is -0.343 e. The van der Waals surface area contributed by atoms with Crippen LogP contribution < -0.4 is 4.72 Å². The van der Waals surface area contributed by atoms with Crippen molar-refractivity contribution >= 4 is 17.9 Å². The number of piperidine rings is 1. The zero-order valence-corrected chi connectivity index (χ0v) is 8.49. The summed E-state index contributed by atoms with van der Waals surface area (Å²) in [5, 5.41) is 0. The number of hydrogen-bond acceptors (Lipinski definition) is 3. The fraction of sp³-hybridized carbons (Fsp3) is 0.875. The molecule has 4 heteroatoms. The molecule has 0 unspecified atom stereocenters. The molecule has 1 fully saturated rings. The maximum Gasteiger partial charge on any atom is 0.219 e. The molecule has 0 radical (unpaired) electrons. The second-order valence-electron chi connectivity index (χ2n) is 3.10. The predicted octanol–water partition coefficient (Wildman–Crippen LogP) is 0.865. The summed E-state index contributed by atoms with van der Waals surface area (Å²) in [7, 11) is 0. The van der Waals surface area contributed by atoms with Crippen LogP contribution in [0.5, 0.6) is 0 Å². The Labute approximate surface area is 78.0 Å². The van der Waals surface area contributed by atoms with E-state index >= 15 is 0 Å². The van der Waals surface area contributed by atoms with Crippen LogP contribution in [0.4, 0.5) is 0 Å². The van der Waals surface area contributed by atoms with Gasteiger partial charge < -0.3 is 4.90 Å². The van der Waals surface area contributed by atoms with Crippen molar-refractivity contribution in [3.8, 4) is 0 Å². The summed E-state index contributed by atoms with van der Waals surface area (Å²) in [5.41, 5.74) is 0. The van der Waals surface area contributed by atoms with Gasteiger partial charge in [0.1, 0.15) is 0 Å². The first-order valence-corrected chi connectivity index (χ1v) is 5.50. The smallest absolute Gasteiger partial charge is 0.219 e. The first-order valence-electron chi connectivity index (χ1n) is 4.28. The molecular weight excluding hydrogens is 172 g/mol. The van der Waals surface area contributed by atoms with Crippen LogP contribution >= 0.6 is 11.9 Å². The van der Waals surface area contributed by atoms with Gasteiger partial charge in [-0.2, -0.15) is 0 Å². The normalized spacial score (nSPS) is 19.7. The molecule has 12 heavy (non-hydrogen) atoms. The highest BCUT2D eigenvalue weighted by molar-refractivity contribution is 7.96. The van der Waals surface area contributed by atoms with Crippen molar-refractivity contribution in [2.24, 2.45) is 0 Å². The fourth-order valence-electron chi connectivity index (χ4n) is 1.48. The van der Waals surface area contributed by atoms with Gasteiger partial charge in [0.25, 0.3) is 0 Å². The maximum absolute atomic E-state index is 11.0. The highest BCUT2D eigenvalue weighted by Gasteiger charge is 2.19. The van der Waals surface area contributed by atoms with Gasteiger partial charge in [-0.3, -0.25) is 9.52 Å². The summed E-state index contributed by atoms with van der Waals surface area (Å²) in [4.78, 5) is 12.9. The van der Waals surface area contributed by atoms with Gasteiger partial charge in [0.15, 0.2) is 0 Å². The lowest BCUT2D eigenvalue weighted by Crippen LogP contribution is -2.42. The minimum absolute atomic E-state index is 0.206. The van der Waals surface area contributed by atoms with Crippen molar-refractivity contribution in [3.05, 3.63) is 0 Å². The average Bonchev–Trinajstić information content (AvgIpc) is 2.06. The molecule has 0 saturated carbocycles. The Hall–Kier alpha value is -0.220. The van der Waals surface area contributed by atoms with Crippen molar-refractivity contribution in [2.45, 2.75) is 25.8 Å². The van der Waals surface area contributed by atoms with Crippen LogP contribution in [0.15, 0.2) is 0 Å². The molecular formula is C8H16N2OS. The Morgan fingerprint density at radius 2 is 2.08 bits per heavy atom. The second-order valence-corrected chi connectivity index (χ2v) is 3.75. The van der Waals surface area contributed by atoms with E-state index in [0.29, 0.717) is 6.04 Å². The zero-order valence-electron chi connectivity index (χ0n) is 7.67. The monoisotopic (exact) mass is 188 g/mol. The molecule has 1 rings (SSSR count). The first kappa shape index (κ1) is 9.86. The number of nitrogens with zero attached hydrogens (tertiary/aromatic N) is 1. The summed E-state index contributed by atoms with van der Waals surface area (Å²) in [6, 6.07) is 0.593. The van der Waals surface area contributed by atoms with Gasteiger partial charge in [-0.15, -0.1) is 0 Å². The zero-order chi connectivity index (χ0) is 8.97. The molecule has 1 saturated heterocycles. The molecule has 1 N–H and O–H groups in total. The van der Waals surface area contributed by atoms with Crippen molar-refractivity contribution in [1.29, 1.82) is 0 Å². The second kappa shape index (κ2) is 4.72. The van der Waals surface area contributed by atoms with E-state index in [1.54, 1.807) is 18.9 Å². The summed E-state index contributed by atoms with van der Waals surface area (Å²) >= 11 is 1.66. The number of rotatable bonds is 2. The van der Waals surface area contributed by atoms with E-state index in [9.17, 15) is 4.79 Å². The molecule has 0 aromatic carbocycles. The number of amides is 1. The standard InChI is InChI=1S/C8H16N2OS/c1-7(11)10-5-3-8(4-6-10)9-12-2/h8-9H,3-6H2,1-2H3. The Balaban J connectivity index is 2.25. The van der Waals surface area contributed by atoms with Crippen molar-refractivity contribution in [3.63, 3.8) is 0 Å². The van der Waals surface area contributed by atoms with Gasteiger partial charge in [0.05, 0.1) is 0 Å². The first-order chi connectivity index (χ1) is 5.74. The third kappa shape index (κ3) is 2.68. The Bertz CT molecular complexity index is 155. The average molecular weight is 188 g/mol. The lowest BCUT2D eigenvalue weighted by atomic mass is 10.1. The van der Waals surface area contributed by atoms with E-state index in [1.165, 1.54) is 0 Å². The molecule has 0 aliphatic carbocycles. The lowest BCUT2D eigenvalue weighted by molar-refractivity contribution is -0.129. The topological polar surface area (TPSA) is 32.3 Å². The Morgan fingerprint density at radius 1 is 1.50 bits per heavy atom. The van der Waals surface area contributed by atoms with Gasteiger partial charge in [-0.1, -0.05) is 11.9 Å². The summed E-state index contributed by atoms with van der Waals surface area (Å²) in [6.07, 6.45) is 4.21. The quantitative estimate of drug-likeness (QED) is 0.652. The van der Waals surface area contributed by atoms with E-state index in [0.717, 1.165) is 25.9 Å². The van der Waals surface area contributed by atoms with Crippen LogP contribution in [-0.2, 0) is 4.79 Å². The van der Waals surface area contributed by atoms with Crippen LogP contribution in [-0.4, -0.2) is 36.2 Å². The van der Waals surface area contributed by atoms with Crippen molar-refractivity contribution in [1.82, 2.24) is 9.62 Å². The number of nitrogens with one attached hydrogen (secondary N) is 1. The van der Waals surface area contributed by atoms with Crippen molar-refractivity contribution < 1.29 is 4.79 Å². The third-order valence-corrected chi connectivity index (χ3v) is 2.79. The molecule has 0 spiro atoms. The van der Waals surface area contributed by atoms with Crippen molar-refractivity contribution in [2.75, 3.05) is 19.3 Å². The summed E-state index contributed by atoms with van der Waals surface area (Å²) in [5.74, 6) is 0.206. The van der Waals surface area contributed by atoms with Crippen LogP contribution in [0.25, 0.3) is 0 Å². The van der Waals surface area contributed by atoms with E-state index < -0.39 is 0 Å². The molecule has 0 aromatic rings. The van der Waals surface area contributed by atoms with E-state index in [-0.39, 0.29) is 5.91 Å². The van der Waals surface area contributed by atoms with E-state index in [1.807, 2.05) is 11.2 Å². The van der Waals surface area contributed by atoms with Crippen LogP contribution in [0, 0.1) is 0 Å². The lowest BCUT2D eigenvalue weighted by Gasteiger charge is -2.31.